The zero-order chi connectivity index (χ0) is 13.4. The minimum atomic E-state index is 0. The molecule has 0 saturated carbocycles. The van der Waals surface area contributed by atoms with Crippen molar-refractivity contribution < 1.29 is 22.0 Å². The van der Waals surface area contributed by atoms with Crippen molar-refractivity contribution in [2.75, 3.05) is 13.1 Å². The highest BCUT2D eigenvalue weighted by molar-refractivity contribution is 5.88. The lowest BCUT2D eigenvalue weighted by Crippen LogP contribution is -3.11. The van der Waals surface area contributed by atoms with E-state index in [1.165, 1.54) is 66.4 Å². The SMILES string of the molecule is [Cl-].c1ccc2c3c(c(C[NH+]4CCCCC4)cc2c1)COC3. The first-order valence-electron chi connectivity index (χ1n) is 7.85. The minimum Gasteiger partial charge on any atom is -1.00 e. The maximum Gasteiger partial charge on any atom is 0.103 e. The Morgan fingerprint density at radius 1 is 0.952 bits per heavy atom. The number of ether oxygens (including phenoxy) is 1. The maximum absolute atomic E-state index is 5.74. The molecule has 2 nitrogen and oxygen atoms in total. The number of halogens is 1. The van der Waals surface area contributed by atoms with Gasteiger partial charge in [-0.25, -0.2) is 0 Å². The Labute approximate surface area is 132 Å². The van der Waals surface area contributed by atoms with Crippen molar-refractivity contribution in [2.45, 2.75) is 39.0 Å². The van der Waals surface area contributed by atoms with Gasteiger partial charge in [-0.05, 0) is 47.2 Å². The molecule has 1 N–H and O–H groups in total. The second-order valence-corrected chi connectivity index (χ2v) is 6.19. The molecule has 1 fully saturated rings. The van der Waals surface area contributed by atoms with Crippen LogP contribution in [-0.2, 0) is 24.5 Å². The summed E-state index contributed by atoms with van der Waals surface area (Å²) < 4.78 is 5.74. The van der Waals surface area contributed by atoms with E-state index in [0.717, 1.165) is 13.2 Å². The molecule has 4 rings (SSSR count). The van der Waals surface area contributed by atoms with Crippen LogP contribution in [0.4, 0.5) is 0 Å². The van der Waals surface area contributed by atoms with Gasteiger partial charge in [0.25, 0.3) is 0 Å². The van der Waals surface area contributed by atoms with Gasteiger partial charge in [-0.15, -0.1) is 0 Å². The molecule has 0 aliphatic carbocycles. The van der Waals surface area contributed by atoms with Crippen LogP contribution >= 0.6 is 0 Å². The van der Waals surface area contributed by atoms with Crippen molar-refractivity contribution in [1.29, 1.82) is 0 Å². The van der Waals surface area contributed by atoms with Gasteiger partial charge in [-0.1, -0.05) is 24.3 Å². The Morgan fingerprint density at radius 2 is 1.71 bits per heavy atom. The zero-order valence-electron chi connectivity index (χ0n) is 12.3. The Kier molecular flexibility index (Phi) is 4.48. The predicted molar refractivity (Wildman–Crippen MR) is 80.7 cm³/mol. The highest BCUT2D eigenvalue weighted by atomic mass is 35.5. The molecule has 2 aromatic carbocycles. The summed E-state index contributed by atoms with van der Waals surface area (Å²) in [7, 11) is 0. The van der Waals surface area contributed by atoms with Crippen LogP contribution in [0.25, 0.3) is 10.8 Å². The van der Waals surface area contributed by atoms with Gasteiger partial charge < -0.3 is 22.0 Å². The molecule has 2 aliphatic heterocycles. The van der Waals surface area contributed by atoms with Gasteiger partial charge in [0, 0.05) is 5.56 Å². The van der Waals surface area contributed by atoms with E-state index in [4.69, 9.17) is 4.74 Å². The largest absolute Gasteiger partial charge is 1.00 e. The summed E-state index contributed by atoms with van der Waals surface area (Å²) in [6.45, 7) is 5.45. The van der Waals surface area contributed by atoms with Crippen molar-refractivity contribution in [3.63, 3.8) is 0 Å². The number of piperidine rings is 1. The van der Waals surface area contributed by atoms with Gasteiger partial charge in [0.1, 0.15) is 6.54 Å². The third kappa shape index (κ3) is 2.80. The second kappa shape index (κ2) is 6.35. The summed E-state index contributed by atoms with van der Waals surface area (Å²) >= 11 is 0. The van der Waals surface area contributed by atoms with E-state index in [1.807, 2.05) is 0 Å². The highest BCUT2D eigenvalue weighted by Crippen LogP contribution is 2.31. The van der Waals surface area contributed by atoms with E-state index in [2.05, 4.69) is 30.3 Å². The summed E-state index contributed by atoms with van der Waals surface area (Å²) in [5, 5.41) is 2.76. The number of hydrogen-bond donors (Lipinski definition) is 1. The lowest BCUT2D eigenvalue weighted by atomic mass is 9.95. The molecular formula is C18H22ClNO. The standard InChI is InChI=1S/C18H21NO.ClH/c1-4-8-19(9-5-1)11-15-10-14-6-2-3-7-16(14)18-13-20-12-17(15)18;/h2-3,6-7,10H,1,4-5,8-9,11-13H2;1H. The summed E-state index contributed by atoms with van der Waals surface area (Å²) in [5.74, 6) is 0. The predicted octanol–water partition coefficient (Wildman–Crippen LogP) is -0.557. The van der Waals surface area contributed by atoms with Gasteiger partial charge in [-0.3, -0.25) is 0 Å². The van der Waals surface area contributed by atoms with E-state index in [0.29, 0.717) is 0 Å². The van der Waals surface area contributed by atoms with E-state index in [-0.39, 0.29) is 12.4 Å². The lowest BCUT2D eigenvalue weighted by molar-refractivity contribution is -0.918. The lowest BCUT2D eigenvalue weighted by Gasteiger charge is -2.24. The Hall–Kier alpha value is -1.09. The molecule has 0 spiro atoms. The van der Waals surface area contributed by atoms with Crippen molar-refractivity contribution in [1.82, 2.24) is 0 Å². The fraction of sp³-hybridized carbons (Fsp3) is 0.444. The molecule has 2 heterocycles. The Balaban J connectivity index is 0.00000132. The van der Waals surface area contributed by atoms with Crippen LogP contribution < -0.4 is 17.3 Å². The van der Waals surface area contributed by atoms with Gasteiger partial charge in [0.2, 0.25) is 0 Å². The number of rotatable bonds is 2. The fourth-order valence-electron chi connectivity index (χ4n) is 3.78. The van der Waals surface area contributed by atoms with Crippen LogP contribution in [-0.4, -0.2) is 13.1 Å². The normalized spacial score (nSPS) is 18.5. The Morgan fingerprint density at radius 3 is 2.57 bits per heavy atom. The summed E-state index contributed by atoms with van der Waals surface area (Å²) in [6, 6.07) is 11.2. The third-order valence-electron chi connectivity index (χ3n) is 4.86. The number of hydrogen-bond acceptors (Lipinski definition) is 1. The van der Waals surface area contributed by atoms with Crippen molar-refractivity contribution in [3.8, 4) is 0 Å². The molecule has 0 unspecified atom stereocenters. The first-order chi connectivity index (χ1) is 9.92. The first-order valence-corrected chi connectivity index (χ1v) is 7.85. The average molecular weight is 304 g/mol. The fourth-order valence-corrected chi connectivity index (χ4v) is 3.78. The van der Waals surface area contributed by atoms with Crippen LogP contribution in [0.3, 0.4) is 0 Å². The number of nitrogens with one attached hydrogen (secondary N) is 1. The topological polar surface area (TPSA) is 13.7 Å². The molecule has 1 saturated heterocycles. The van der Waals surface area contributed by atoms with E-state index in [9.17, 15) is 0 Å². The van der Waals surface area contributed by atoms with Gasteiger partial charge in [0.15, 0.2) is 0 Å². The van der Waals surface area contributed by atoms with Crippen molar-refractivity contribution >= 4 is 10.8 Å². The minimum absolute atomic E-state index is 0. The maximum atomic E-state index is 5.74. The number of likely N-dealkylation sites (tertiary alicyclic amines) is 1. The van der Waals surface area contributed by atoms with E-state index in [1.54, 1.807) is 4.90 Å². The van der Waals surface area contributed by atoms with Crippen LogP contribution in [0.15, 0.2) is 30.3 Å². The smallest absolute Gasteiger partial charge is 0.103 e. The van der Waals surface area contributed by atoms with Crippen molar-refractivity contribution in [3.05, 3.63) is 47.0 Å². The molecule has 0 aromatic heterocycles. The molecule has 0 bridgehead atoms. The molecule has 0 atom stereocenters. The second-order valence-electron chi connectivity index (χ2n) is 6.19. The highest BCUT2D eigenvalue weighted by Gasteiger charge is 2.22. The van der Waals surface area contributed by atoms with Gasteiger partial charge in [0.05, 0.1) is 26.3 Å². The van der Waals surface area contributed by atoms with Crippen molar-refractivity contribution in [2.24, 2.45) is 0 Å². The summed E-state index contributed by atoms with van der Waals surface area (Å²) in [5.41, 5.74) is 4.43. The van der Waals surface area contributed by atoms with Gasteiger partial charge in [-0.2, -0.15) is 0 Å². The molecule has 0 radical (unpaired) electrons. The first kappa shape index (κ1) is 14.8. The third-order valence-corrected chi connectivity index (χ3v) is 4.86. The number of fused-ring (bicyclic) bond motifs is 3. The van der Waals surface area contributed by atoms with Gasteiger partial charge >= 0.3 is 0 Å². The molecule has 2 aliphatic rings. The summed E-state index contributed by atoms with van der Waals surface area (Å²) in [6.07, 6.45) is 4.20. The molecule has 21 heavy (non-hydrogen) atoms. The number of benzene rings is 2. The molecule has 112 valence electrons. The molecular weight excluding hydrogens is 282 g/mol. The van der Waals surface area contributed by atoms with Crippen LogP contribution in [0.5, 0.6) is 0 Å². The van der Waals surface area contributed by atoms with E-state index < -0.39 is 0 Å². The monoisotopic (exact) mass is 303 g/mol. The van der Waals surface area contributed by atoms with Crippen LogP contribution in [0.2, 0.25) is 0 Å². The molecule has 0 amide bonds. The Bertz CT molecular complexity index is 634. The van der Waals surface area contributed by atoms with Crippen LogP contribution in [0, 0.1) is 0 Å². The molecule has 2 aromatic rings. The quantitative estimate of drug-likeness (QED) is 0.785. The molecule has 3 heteroatoms. The van der Waals surface area contributed by atoms with E-state index >= 15 is 0 Å². The number of quaternary nitrogens is 1. The average Bonchev–Trinajstić information content (AvgIpc) is 2.98. The van der Waals surface area contributed by atoms with Crippen LogP contribution in [0.1, 0.15) is 36.0 Å². The summed E-state index contributed by atoms with van der Waals surface area (Å²) in [4.78, 5) is 1.75. The zero-order valence-corrected chi connectivity index (χ0v) is 13.1.